The summed E-state index contributed by atoms with van der Waals surface area (Å²) in [5.74, 6) is 0.816. The van der Waals surface area contributed by atoms with Crippen LogP contribution < -0.4 is 5.32 Å². The van der Waals surface area contributed by atoms with E-state index >= 15 is 0 Å². The lowest BCUT2D eigenvalue weighted by Crippen LogP contribution is -2.48. The van der Waals surface area contributed by atoms with Gasteiger partial charge in [0.25, 0.3) is 0 Å². The summed E-state index contributed by atoms with van der Waals surface area (Å²) in [6.07, 6.45) is -1.77. The van der Waals surface area contributed by atoms with Crippen molar-refractivity contribution >= 4 is 0 Å². The zero-order valence-electron chi connectivity index (χ0n) is 12.9. The first-order valence-electron chi connectivity index (χ1n) is 7.17. The number of rotatable bonds is 6. The molecule has 0 amide bonds. The van der Waals surface area contributed by atoms with Gasteiger partial charge in [0.15, 0.2) is 0 Å². The zero-order valence-corrected chi connectivity index (χ0v) is 12.9. The molecule has 2 heterocycles. The number of aromatic nitrogens is 1. The Balaban J connectivity index is 2.06. The van der Waals surface area contributed by atoms with Gasteiger partial charge in [-0.15, -0.1) is 0 Å². The van der Waals surface area contributed by atoms with Crippen LogP contribution in [0.2, 0.25) is 0 Å². The zero-order chi connectivity index (χ0) is 17.1. The molecule has 23 heavy (non-hydrogen) atoms. The number of halogens is 3. The number of nitrogens with one attached hydrogen (secondary N) is 1. The average molecular weight is 328 g/mol. The van der Waals surface area contributed by atoms with E-state index in [0.717, 1.165) is 0 Å². The first-order valence-corrected chi connectivity index (χ1v) is 7.17. The lowest BCUT2D eigenvalue weighted by atomic mass is 10.0. The van der Waals surface area contributed by atoms with Gasteiger partial charge in [-0.25, -0.2) is 0 Å². The molecule has 0 spiro atoms. The van der Waals surface area contributed by atoms with Gasteiger partial charge in [-0.05, 0) is 50.1 Å². The Morgan fingerprint density at radius 2 is 1.87 bits per heavy atom. The summed E-state index contributed by atoms with van der Waals surface area (Å²) in [6, 6.07) is 4.51. The fraction of sp³-hybridized carbons (Fsp3) is 0.438. The van der Waals surface area contributed by atoms with Crippen LogP contribution in [0, 0.1) is 6.92 Å². The Hall–Kier alpha value is -1.86. The van der Waals surface area contributed by atoms with E-state index in [4.69, 9.17) is 4.42 Å². The van der Waals surface area contributed by atoms with Gasteiger partial charge in [0.1, 0.15) is 23.2 Å². The summed E-state index contributed by atoms with van der Waals surface area (Å²) < 4.78 is 44.9. The van der Waals surface area contributed by atoms with Crippen LogP contribution in [0.25, 0.3) is 0 Å². The van der Waals surface area contributed by atoms with Crippen LogP contribution in [0.1, 0.15) is 24.0 Å². The fourth-order valence-electron chi connectivity index (χ4n) is 2.19. The summed E-state index contributed by atoms with van der Waals surface area (Å²) in [5.41, 5.74) is -1.01. The van der Waals surface area contributed by atoms with E-state index in [9.17, 15) is 18.3 Å². The van der Waals surface area contributed by atoms with Crippen molar-refractivity contribution in [3.8, 4) is 0 Å². The van der Waals surface area contributed by atoms with Crippen LogP contribution in [-0.2, 0) is 12.0 Å². The topological polar surface area (TPSA) is 58.3 Å². The van der Waals surface area contributed by atoms with Crippen molar-refractivity contribution in [2.75, 3.05) is 6.54 Å². The fourth-order valence-corrected chi connectivity index (χ4v) is 2.19. The molecule has 0 saturated carbocycles. The highest BCUT2D eigenvalue weighted by Gasteiger charge is 2.41. The van der Waals surface area contributed by atoms with Crippen molar-refractivity contribution in [2.24, 2.45) is 0 Å². The highest BCUT2D eigenvalue weighted by atomic mass is 19.4. The summed E-state index contributed by atoms with van der Waals surface area (Å²) >= 11 is 0. The van der Waals surface area contributed by atoms with E-state index in [1.54, 1.807) is 19.1 Å². The Kier molecular flexibility index (Phi) is 5.11. The van der Waals surface area contributed by atoms with E-state index in [0.29, 0.717) is 11.3 Å². The van der Waals surface area contributed by atoms with Crippen LogP contribution in [0.4, 0.5) is 13.2 Å². The van der Waals surface area contributed by atoms with Gasteiger partial charge >= 0.3 is 6.18 Å². The van der Waals surface area contributed by atoms with Crippen LogP contribution >= 0.6 is 0 Å². The summed E-state index contributed by atoms with van der Waals surface area (Å²) in [5, 5.41) is 12.7. The van der Waals surface area contributed by atoms with E-state index in [-0.39, 0.29) is 18.7 Å². The Labute approximate surface area is 132 Å². The molecule has 0 aliphatic heterocycles. The van der Waals surface area contributed by atoms with Gasteiger partial charge in [0.05, 0.1) is 0 Å². The van der Waals surface area contributed by atoms with Crippen LogP contribution in [-0.4, -0.2) is 28.9 Å². The van der Waals surface area contributed by atoms with Gasteiger partial charge in [-0.2, -0.15) is 13.2 Å². The van der Waals surface area contributed by atoms with Crippen LogP contribution in [0.3, 0.4) is 0 Å². The molecule has 0 aliphatic rings. The second-order valence-corrected chi connectivity index (χ2v) is 5.72. The van der Waals surface area contributed by atoms with Gasteiger partial charge in [0, 0.05) is 18.9 Å². The van der Waals surface area contributed by atoms with Crippen LogP contribution in [0.5, 0.6) is 0 Å². The summed E-state index contributed by atoms with van der Waals surface area (Å²) in [4.78, 5) is 3.79. The number of pyridine rings is 1. The van der Waals surface area contributed by atoms with Crippen molar-refractivity contribution in [1.29, 1.82) is 0 Å². The molecule has 2 aromatic rings. The Morgan fingerprint density at radius 3 is 2.39 bits per heavy atom. The third-order valence-electron chi connectivity index (χ3n) is 3.55. The van der Waals surface area contributed by atoms with Crippen LogP contribution in [0.15, 0.2) is 41.1 Å². The average Bonchev–Trinajstić information content (AvgIpc) is 2.91. The minimum absolute atomic E-state index is 0.229. The Morgan fingerprint density at radius 1 is 1.22 bits per heavy atom. The first-order chi connectivity index (χ1) is 10.7. The summed E-state index contributed by atoms with van der Waals surface area (Å²) in [6.45, 7) is 2.84. The maximum Gasteiger partial charge on any atom is 0.404 e. The molecule has 2 atom stereocenters. The molecule has 7 heteroatoms. The molecular weight excluding hydrogens is 309 g/mol. The molecule has 4 nitrogen and oxygen atoms in total. The van der Waals surface area contributed by atoms with Crippen molar-refractivity contribution in [2.45, 2.75) is 38.1 Å². The lowest BCUT2D eigenvalue weighted by Gasteiger charge is -2.27. The first kappa shape index (κ1) is 17.5. The van der Waals surface area contributed by atoms with Gasteiger partial charge in [-0.3, -0.25) is 4.98 Å². The predicted molar refractivity (Wildman–Crippen MR) is 78.8 cm³/mol. The molecule has 126 valence electrons. The van der Waals surface area contributed by atoms with Gasteiger partial charge < -0.3 is 14.8 Å². The second kappa shape index (κ2) is 6.72. The molecule has 0 aliphatic carbocycles. The quantitative estimate of drug-likeness (QED) is 0.856. The number of aliphatic hydroxyl groups is 1. The second-order valence-electron chi connectivity index (χ2n) is 5.72. The molecule has 0 bridgehead atoms. The number of aryl methyl sites for hydroxylation is 1. The minimum atomic E-state index is -4.43. The molecule has 0 radical (unpaired) electrons. The van der Waals surface area contributed by atoms with E-state index in [2.05, 4.69) is 10.3 Å². The number of furan rings is 1. The molecule has 2 aromatic heterocycles. The largest absolute Gasteiger partial charge is 0.463 e. The molecule has 0 saturated heterocycles. The van der Waals surface area contributed by atoms with Crippen molar-refractivity contribution < 1.29 is 22.7 Å². The van der Waals surface area contributed by atoms with E-state index in [1.165, 1.54) is 31.5 Å². The molecule has 2 rings (SSSR count). The van der Waals surface area contributed by atoms with E-state index in [1.807, 2.05) is 0 Å². The standard InChI is InChI=1S/C16H19F3N2O2/c1-11-3-4-14(23-11)15(2,22)10-21-13(16(17,18)19)9-12-5-7-20-8-6-12/h3-8,13,21-22H,9-10H2,1-2H3/t13-,15+/m1/s1. The Bertz CT molecular complexity index is 624. The van der Waals surface area contributed by atoms with Crippen molar-refractivity contribution in [3.05, 3.63) is 53.7 Å². The molecule has 0 aromatic carbocycles. The highest BCUT2D eigenvalue weighted by Crippen LogP contribution is 2.26. The summed E-state index contributed by atoms with van der Waals surface area (Å²) in [7, 11) is 0. The maximum absolute atomic E-state index is 13.2. The monoisotopic (exact) mass is 328 g/mol. The normalized spacial score (nSPS) is 16.1. The van der Waals surface area contributed by atoms with E-state index < -0.39 is 17.8 Å². The maximum atomic E-state index is 13.2. The van der Waals surface area contributed by atoms with Gasteiger partial charge in [0.2, 0.25) is 0 Å². The predicted octanol–water partition coefficient (Wildman–Crippen LogP) is 2.95. The lowest BCUT2D eigenvalue weighted by molar-refractivity contribution is -0.158. The van der Waals surface area contributed by atoms with Gasteiger partial charge in [-0.1, -0.05) is 0 Å². The third-order valence-corrected chi connectivity index (χ3v) is 3.55. The minimum Gasteiger partial charge on any atom is -0.463 e. The number of nitrogens with zero attached hydrogens (tertiary/aromatic N) is 1. The number of hydrogen-bond acceptors (Lipinski definition) is 4. The molecular formula is C16H19F3N2O2. The molecule has 0 unspecified atom stereocenters. The number of hydrogen-bond donors (Lipinski definition) is 2. The SMILES string of the molecule is Cc1ccc([C@@](C)(O)CN[C@H](Cc2ccncc2)C(F)(F)F)o1. The smallest absolute Gasteiger partial charge is 0.404 e. The van der Waals surface area contributed by atoms with Crippen molar-refractivity contribution in [1.82, 2.24) is 10.3 Å². The number of alkyl halides is 3. The van der Waals surface area contributed by atoms with Crippen molar-refractivity contribution in [3.63, 3.8) is 0 Å². The third kappa shape index (κ3) is 4.80. The molecule has 2 N–H and O–H groups in total. The highest BCUT2D eigenvalue weighted by molar-refractivity contribution is 5.14. The molecule has 0 fully saturated rings.